The predicted octanol–water partition coefficient (Wildman–Crippen LogP) is 1.39. The van der Waals surface area contributed by atoms with Crippen LogP contribution in [0.25, 0.3) is 0 Å². The Labute approximate surface area is 126 Å². The van der Waals surface area contributed by atoms with Crippen molar-refractivity contribution in [1.82, 2.24) is 9.21 Å². The Hall–Kier alpha value is -1.60. The minimum absolute atomic E-state index is 0.0490. The van der Waals surface area contributed by atoms with Gasteiger partial charge in [0.05, 0.1) is 10.5 Å². The molecule has 7 heteroatoms. The topological polar surface area (TPSA) is 83.7 Å². The summed E-state index contributed by atoms with van der Waals surface area (Å²) in [6.45, 7) is 4.95. The Morgan fingerprint density at radius 2 is 1.86 bits per heavy atom. The van der Waals surface area contributed by atoms with Gasteiger partial charge >= 0.3 is 0 Å². The van der Waals surface area contributed by atoms with Crippen molar-refractivity contribution < 1.29 is 13.2 Å². The van der Waals surface area contributed by atoms with Gasteiger partial charge in [0.1, 0.15) is 0 Å². The zero-order valence-electron chi connectivity index (χ0n) is 13.0. The lowest BCUT2D eigenvalue weighted by Crippen LogP contribution is -2.33. The highest BCUT2D eigenvalue weighted by atomic mass is 32.2. The van der Waals surface area contributed by atoms with Gasteiger partial charge in [0.25, 0.3) is 5.91 Å². The molecule has 0 heterocycles. The molecular weight excluding hydrogens is 290 g/mol. The third kappa shape index (κ3) is 3.74. The van der Waals surface area contributed by atoms with Gasteiger partial charge in [-0.3, -0.25) is 4.79 Å². The van der Waals surface area contributed by atoms with E-state index in [-0.39, 0.29) is 16.4 Å². The molecule has 0 spiro atoms. The summed E-state index contributed by atoms with van der Waals surface area (Å²) in [7, 11) is -0.872. The minimum Gasteiger partial charge on any atom is -0.399 e. The number of benzene rings is 1. The maximum atomic E-state index is 12.6. The summed E-state index contributed by atoms with van der Waals surface area (Å²) in [5.41, 5.74) is 6.15. The van der Waals surface area contributed by atoms with E-state index in [1.165, 1.54) is 26.2 Å². The second kappa shape index (κ2) is 6.91. The molecule has 0 fully saturated rings. The first-order valence-electron chi connectivity index (χ1n) is 6.87. The minimum atomic E-state index is -3.73. The summed E-state index contributed by atoms with van der Waals surface area (Å²) >= 11 is 0. The van der Waals surface area contributed by atoms with E-state index in [0.717, 1.165) is 10.7 Å². The molecule has 0 unspecified atom stereocenters. The maximum absolute atomic E-state index is 12.6. The molecule has 118 valence electrons. The molecular formula is C14H23N3O3S. The first-order valence-corrected chi connectivity index (χ1v) is 8.31. The predicted molar refractivity (Wildman–Crippen MR) is 83.6 cm³/mol. The lowest BCUT2D eigenvalue weighted by atomic mass is 10.1. The van der Waals surface area contributed by atoms with E-state index < -0.39 is 10.0 Å². The van der Waals surface area contributed by atoms with Crippen LogP contribution in [0.2, 0.25) is 0 Å². The number of sulfonamides is 1. The lowest BCUT2D eigenvalue weighted by Gasteiger charge is -2.22. The molecule has 0 radical (unpaired) electrons. The van der Waals surface area contributed by atoms with Gasteiger partial charge in [0.15, 0.2) is 0 Å². The van der Waals surface area contributed by atoms with Crippen molar-refractivity contribution in [2.24, 2.45) is 0 Å². The van der Waals surface area contributed by atoms with Crippen molar-refractivity contribution in [1.29, 1.82) is 0 Å². The van der Waals surface area contributed by atoms with Crippen LogP contribution in [0.15, 0.2) is 23.1 Å². The molecule has 0 saturated carbocycles. The molecule has 1 aromatic rings. The molecule has 0 aliphatic rings. The Balaban J connectivity index is 3.41. The molecule has 1 rings (SSSR count). The molecule has 0 atom stereocenters. The van der Waals surface area contributed by atoms with Crippen LogP contribution in [0.3, 0.4) is 0 Å². The fourth-order valence-corrected chi connectivity index (χ4v) is 3.08. The zero-order valence-corrected chi connectivity index (χ0v) is 13.8. The molecule has 21 heavy (non-hydrogen) atoms. The van der Waals surface area contributed by atoms with Gasteiger partial charge in [-0.05, 0) is 31.5 Å². The normalized spacial score (nSPS) is 11.7. The van der Waals surface area contributed by atoms with Crippen molar-refractivity contribution in [2.75, 3.05) is 32.9 Å². The van der Waals surface area contributed by atoms with E-state index in [1.807, 2.05) is 13.8 Å². The third-order valence-corrected chi connectivity index (χ3v) is 5.01. The van der Waals surface area contributed by atoms with Crippen molar-refractivity contribution in [3.8, 4) is 0 Å². The van der Waals surface area contributed by atoms with E-state index in [1.54, 1.807) is 11.0 Å². The highest BCUT2D eigenvalue weighted by Gasteiger charge is 2.26. The fourth-order valence-electron chi connectivity index (χ4n) is 1.97. The third-order valence-electron chi connectivity index (χ3n) is 3.16. The van der Waals surface area contributed by atoms with Crippen LogP contribution in [-0.4, -0.2) is 50.7 Å². The van der Waals surface area contributed by atoms with Gasteiger partial charge in [-0.25, -0.2) is 12.7 Å². The number of nitrogen functional groups attached to an aromatic ring is 1. The quantitative estimate of drug-likeness (QED) is 0.804. The van der Waals surface area contributed by atoms with Gasteiger partial charge in [-0.15, -0.1) is 0 Å². The summed E-state index contributed by atoms with van der Waals surface area (Å²) in [4.78, 5) is 14.1. The van der Waals surface area contributed by atoms with Gasteiger partial charge in [-0.2, -0.15) is 0 Å². The van der Waals surface area contributed by atoms with Crippen LogP contribution in [0.4, 0.5) is 5.69 Å². The van der Waals surface area contributed by atoms with Crippen LogP contribution in [-0.2, 0) is 10.0 Å². The summed E-state index contributed by atoms with van der Waals surface area (Å²) in [5, 5.41) is 0. The van der Waals surface area contributed by atoms with E-state index in [4.69, 9.17) is 5.73 Å². The number of carbonyl (C=O) groups excluding carboxylic acids is 1. The monoisotopic (exact) mass is 313 g/mol. The maximum Gasteiger partial charge on any atom is 0.255 e. The number of carbonyl (C=O) groups is 1. The molecule has 0 aliphatic carbocycles. The van der Waals surface area contributed by atoms with Crippen LogP contribution in [0.5, 0.6) is 0 Å². The second-order valence-electron chi connectivity index (χ2n) is 4.93. The average Bonchev–Trinajstić information content (AvgIpc) is 2.43. The first kappa shape index (κ1) is 17.5. The molecule has 0 aromatic heterocycles. The fraction of sp³-hybridized carbons (Fsp3) is 0.500. The number of nitrogens with two attached hydrogens (primary N) is 1. The van der Waals surface area contributed by atoms with E-state index >= 15 is 0 Å². The Bertz CT molecular complexity index is 612. The molecule has 1 aromatic carbocycles. The van der Waals surface area contributed by atoms with Gasteiger partial charge in [-0.1, -0.05) is 6.92 Å². The number of hydrogen-bond acceptors (Lipinski definition) is 4. The number of rotatable bonds is 6. The van der Waals surface area contributed by atoms with Crippen molar-refractivity contribution in [2.45, 2.75) is 25.2 Å². The van der Waals surface area contributed by atoms with Crippen LogP contribution >= 0.6 is 0 Å². The van der Waals surface area contributed by atoms with Crippen LogP contribution < -0.4 is 5.73 Å². The summed E-state index contributed by atoms with van der Waals surface area (Å²) < 4.78 is 25.8. The van der Waals surface area contributed by atoms with E-state index in [0.29, 0.717) is 18.8 Å². The van der Waals surface area contributed by atoms with E-state index in [9.17, 15) is 13.2 Å². The Morgan fingerprint density at radius 3 is 2.33 bits per heavy atom. The Morgan fingerprint density at radius 1 is 1.24 bits per heavy atom. The summed E-state index contributed by atoms with van der Waals surface area (Å²) in [6.07, 6.45) is 0.810. The second-order valence-corrected chi connectivity index (χ2v) is 7.05. The summed E-state index contributed by atoms with van der Waals surface area (Å²) in [5.74, 6) is -0.292. The van der Waals surface area contributed by atoms with Crippen molar-refractivity contribution >= 4 is 21.6 Å². The standard InChI is InChI=1S/C14H23N3O3S/c1-5-9-17(6-2)14(18)12-8-7-11(15)10-13(12)21(19,20)16(3)4/h7-8,10H,5-6,9,15H2,1-4H3. The number of hydrogen-bond donors (Lipinski definition) is 1. The van der Waals surface area contributed by atoms with Crippen LogP contribution in [0, 0.1) is 0 Å². The van der Waals surface area contributed by atoms with Crippen LogP contribution in [0.1, 0.15) is 30.6 Å². The zero-order chi connectivity index (χ0) is 16.2. The van der Waals surface area contributed by atoms with Crippen molar-refractivity contribution in [3.05, 3.63) is 23.8 Å². The average molecular weight is 313 g/mol. The molecule has 0 saturated heterocycles. The molecule has 0 aliphatic heterocycles. The number of anilines is 1. The van der Waals surface area contributed by atoms with Gasteiger partial charge in [0.2, 0.25) is 10.0 Å². The largest absolute Gasteiger partial charge is 0.399 e. The molecule has 2 N–H and O–H groups in total. The molecule has 6 nitrogen and oxygen atoms in total. The van der Waals surface area contributed by atoms with Crippen molar-refractivity contribution in [3.63, 3.8) is 0 Å². The highest BCUT2D eigenvalue weighted by Crippen LogP contribution is 2.23. The number of nitrogens with zero attached hydrogens (tertiary/aromatic N) is 2. The smallest absolute Gasteiger partial charge is 0.255 e. The highest BCUT2D eigenvalue weighted by molar-refractivity contribution is 7.89. The van der Waals surface area contributed by atoms with E-state index in [2.05, 4.69) is 0 Å². The lowest BCUT2D eigenvalue weighted by molar-refractivity contribution is 0.0760. The van der Waals surface area contributed by atoms with Gasteiger partial charge < -0.3 is 10.6 Å². The number of amides is 1. The SMILES string of the molecule is CCCN(CC)C(=O)c1ccc(N)cc1S(=O)(=O)N(C)C. The first-order chi connectivity index (χ1) is 9.75. The van der Waals surface area contributed by atoms with Gasteiger partial charge in [0, 0.05) is 32.9 Å². The molecule has 1 amide bonds. The molecule has 0 bridgehead atoms. The Kier molecular flexibility index (Phi) is 5.74. The summed E-state index contributed by atoms with van der Waals surface area (Å²) in [6, 6.07) is 4.36.